The van der Waals surface area contributed by atoms with E-state index in [0.717, 1.165) is 0 Å². The van der Waals surface area contributed by atoms with Crippen LogP contribution in [-0.2, 0) is 0 Å². The number of ether oxygens (including phenoxy) is 1. The number of benzene rings is 2. The van der Waals surface area contributed by atoms with Crippen LogP contribution in [0.15, 0.2) is 53.1 Å². The van der Waals surface area contributed by atoms with Crippen LogP contribution in [0.2, 0.25) is 0 Å². The maximum absolute atomic E-state index is 13.7. The Bertz CT molecular complexity index is 740. The molecule has 3 aromatic rings. The van der Waals surface area contributed by atoms with E-state index < -0.39 is 5.82 Å². The van der Waals surface area contributed by atoms with Crippen LogP contribution in [0.1, 0.15) is 0 Å². The lowest BCUT2D eigenvalue weighted by molar-refractivity contribution is 0.413. The van der Waals surface area contributed by atoms with E-state index in [1.807, 2.05) is 18.2 Å². The second-order valence-corrected chi connectivity index (χ2v) is 4.10. The topological polar surface area (TPSA) is 48.2 Å². The number of para-hydroxylation sites is 1. The van der Waals surface area contributed by atoms with E-state index in [9.17, 15) is 4.39 Å². The summed E-state index contributed by atoms with van der Waals surface area (Å²) in [7, 11) is 1.57. The molecule has 2 aromatic carbocycles. The van der Waals surface area contributed by atoms with E-state index in [2.05, 4.69) is 10.1 Å². The molecule has 0 aliphatic carbocycles. The highest BCUT2D eigenvalue weighted by Gasteiger charge is 2.15. The van der Waals surface area contributed by atoms with Crippen molar-refractivity contribution < 1.29 is 13.7 Å². The van der Waals surface area contributed by atoms with E-state index in [1.54, 1.807) is 31.4 Å². The van der Waals surface area contributed by atoms with Crippen molar-refractivity contribution in [3.05, 3.63) is 54.3 Å². The summed E-state index contributed by atoms with van der Waals surface area (Å²) in [6, 6.07) is 13.6. The average Bonchev–Trinajstić information content (AvgIpc) is 2.97. The monoisotopic (exact) mass is 270 g/mol. The minimum absolute atomic E-state index is 0.143. The van der Waals surface area contributed by atoms with Gasteiger partial charge in [-0.3, -0.25) is 0 Å². The largest absolute Gasteiger partial charge is 0.496 e. The molecule has 1 heterocycles. The first-order valence-electron chi connectivity index (χ1n) is 6.01. The first-order chi connectivity index (χ1) is 9.79. The molecule has 0 radical (unpaired) electrons. The van der Waals surface area contributed by atoms with Crippen molar-refractivity contribution in [3.8, 4) is 28.6 Å². The summed E-state index contributed by atoms with van der Waals surface area (Å²) >= 11 is 0. The molecule has 0 saturated heterocycles. The van der Waals surface area contributed by atoms with Crippen LogP contribution < -0.4 is 4.74 Å². The minimum atomic E-state index is -0.400. The lowest BCUT2D eigenvalue weighted by Gasteiger charge is -2.03. The predicted molar refractivity (Wildman–Crippen MR) is 71.7 cm³/mol. The van der Waals surface area contributed by atoms with Crippen molar-refractivity contribution in [1.29, 1.82) is 0 Å². The van der Waals surface area contributed by atoms with Crippen molar-refractivity contribution >= 4 is 0 Å². The molecule has 3 rings (SSSR count). The highest BCUT2D eigenvalue weighted by atomic mass is 19.1. The van der Waals surface area contributed by atoms with Gasteiger partial charge in [0.1, 0.15) is 11.6 Å². The fourth-order valence-electron chi connectivity index (χ4n) is 1.91. The fraction of sp³-hybridized carbons (Fsp3) is 0.0667. The second kappa shape index (κ2) is 5.13. The summed E-state index contributed by atoms with van der Waals surface area (Å²) in [5.41, 5.74) is 0.975. The van der Waals surface area contributed by atoms with Gasteiger partial charge in [0.15, 0.2) is 0 Å². The molecule has 0 N–H and O–H groups in total. The molecule has 0 aliphatic rings. The van der Waals surface area contributed by atoms with Crippen molar-refractivity contribution in [3.63, 3.8) is 0 Å². The molecule has 0 bridgehead atoms. The van der Waals surface area contributed by atoms with Crippen LogP contribution in [0, 0.1) is 5.82 Å². The Morgan fingerprint density at radius 1 is 1.00 bits per heavy atom. The van der Waals surface area contributed by atoms with Gasteiger partial charge in [0.05, 0.1) is 18.2 Å². The van der Waals surface area contributed by atoms with Gasteiger partial charge in [-0.2, -0.15) is 4.98 Å². The summed E-state index contributed by atoms with van der Waals surface area (Å²) < 4.78 is 24.1. The molecule has 5 heteroatoms. The van der Waals surface area contributed by atoms with E-state index in [1.165, 1.54) is 6.07 Å². The first kappa shape index (κ1) is 12.3. The lowest BCUT2D eigenvalue weighted by atomic mass is 10.2. The summed E-state index contributed by atoms with van der Waals surface area (Å²) in [6.07, 6.45) is 0. The van der Waals surface area contributed by atoms with Crippen molar-refractivity contribution in [2.75, 3.05) is 7.11 Å². The molecule has 1 aromatic heterocycles. The molecule has 0 fully saturated rings. The quantitative estimate of drug-likeness (QED) is 0.730. The third kappa shape index (κ3) is 2.14. The molecular formula is C15H11FN2O2. The molecule has 4 nitrogen and oxygen atoms in total. The van der Waals surface area contributed by atoms with E-state index in [0.29, 0.717) is 17.1 Å². The molecule has 0 unspecified atom stereocenters. The third-order valence-corrected chi connectivity index (χ3v) is 2.88. The molecular weight excluding hydrogens is 259 g/mol. The SMILES string of the molecule is COc1ccccc1-c1noc(-c2ccccc2F)n1. The van der Waals surface area contributed by atoms with Crippen LogP contribution in [0.4, 0.5) is 4.39 Å². The number of methoxy groups -OCH3 is 1. The van der Waals surface area contributed by atoms with Gasteiger partial charge in [-0.05, 0) is 24.3 Å². The Balaban J connectivity index is 2.05. The summed E-state index contributed by atoms with van der Waals surface area (Å²) in [6.45, 7) is 0. The van der Waals surface area contributed by atoms with Gasteiger partial charge in [0.25, 0.3) is 5.89 Å². The molecule has 0 spiro atoms. The fourth-order valence-corrected chi connectivity index (χ4v) is 1.91. The number of halogens is 1. The van der Waals surface area contributed by atoms with Crippen LogP contribution in [0.3, 0.4) is 0 Å². The normalized spacial score (nSPS) is 10.5. The van der Waals surface area contributed by atoms with E-state index in [4.69, 9.17) is 9.26 Å². The molecule has 0 amide bonds. The number of aromatic nitrogens is 2. The molecule has 0 atom stereocenters. The zero-order chi connectivity index (χ0) is 13.9. The van der Waals surface area contributed by atoms with Gasteiger partial charge < -0.3 is 9.26 Å². The number of hydrogen-bond donors (Lipinski definition) is 0. The number of nitrogens with zero attached hydrogens (tertiary/aromatic N) is 2. The standard InChI is InChI=1S/C15H11FN2O2/c1-19-13-9-5-3-7-11(13)14-17-15(20-18-14)10-6-2-4-8-12(10)16/h2-9H,1H3. The maximum Gasteiger partial charge on any atom is 0.261 e. The first-order valence-corrected chi connectivity index (χ1v) is 6.01. The Labute approximate surface area is 114 Å². The average molecular weight is 270 g/mol. The van der Waals surface area contributed by atoms with E-state index in [-0.39, 0.29) is 11.5 Å². The summed E-state index contributed by atoms with van der Waals surface area (Å²) in [5, 5.41) is 3.88. The highest BCUT2D eigenvalue weighted by molar-refractivity contribution is 5.65. The van der Waals surface area contributed by atoms with Crippen molar-refractivity contribution in [2.24, 2.45) is 0 Å². The zero-order valence-electron chi connectivity index (χ0n) is 10.7. The molecule has 0 aliphatic heterocycles. The summed E-state index contributed by atoms with van der Waals surface area (Å²) in [5.74, 6) is 0.737. The Hall–Kier alpha value is -2.69. The van der Waals surface area contributed by atoms with Crippen molar-refractivity contribution in [2.45, 2.75) is 0 Å². The smallest absolute Gasteiger partial charge is 0.261 e. The third-order valence-electron chi connectivity index (χ3n) is 2.88. The van der Waals surface area contributed by atoms with Crippen LogP contribution in [-0.4, -0.2) is 17.3 Å². The minimum Gasteiger partial charge on any atom is -0.496 e. The van der Waals surface area contributed by atoms with E-state index >= 15 is 0 Å². The Kier molecular flexibility index (Phi) is 3.16. The second-order valence-electron chi connectivity index (χ2n) is 4.10. The van der Waals surface area contributed by atoms with Gasteiger partial charge >= 0.3 is 0 Å². The van der Waals surface area contributed by atoms with Gasteiger partial charge in [-0.1, -0.05) is 29.4 Å². The highest BCUT2D eigenvalue weighted by Crippen LogP contribution is 2.29. The maximum atomic E-state index is 13.7. The van der Waals surface area contributed by atoms with Gasteiger partial charge in [-0.15, -0.1) is 0 Å². The number of rotatable bonds is 3. The van der Waals surface area contributed by atoms with Crippen LogP contribution >= 0.6 is 0 Å². The van der Waals surface area contributed by atoms with Crippen molar-refractivity contribution in [1.82, 2.24) is 10.1 Å². The van der Waals surface area contributed by atoms with Crippen LogP contribution in [0.5, 0.6) is 5.75 Å². The Morgan fingerprint density at radius 3 is 2.45 bits per heavy atom. The van der Waals surface area contributed by atoms with Gasteiger partial charge in [0, 0.05) is 0 Å². The predicted octanol–water partition coefficient (Wildman–Crippen LogP) is 3.55. The Morgan fingerprint density at radius 2 is 1.70 bits per heavy atom. The van der Waals surface area contributed by atoms with Crippen LogP contribution in [0.25, 0.3) is 22.8 Å². The number of hydrogen-bond acceptors (Lipinski definition) is 4. The lowest BCUT2D eigenvalue weighted by Crippen LogP contribution is -1.89. The van der Waals surface area contributed by atoms with Gasteiger partial charge in [0.2, 0.25) is 5.82 Å². The molecule has 0 saturated carbocycles. The molecule has 100 valence electrons. The summed E-state index contributed by atoms with van der Waals surface area (Å²) in [4.78, 5) is 4.22. The van der Waals surface area contributed by atoms with Gasteiger partial charge in [-0.25, -0.2) is 4.39 Å². The zero-order valence-corrected chi connectivity index (χ0v) is 10.7. The molecule has 20 heavy (non-hydrogen) atoms.